The zero-order valence-corrected chi connectivity index (χ0v) is 65.5. The van der Waals surface area contributed by atoms with Gasteiger partial charge in [-0.2, -0.15) is 0 Å². The van der Waals surface area contributed by atoms with Crippen molar-refractivity contribution in [2.75, 3.05) is 39.6 Å². The number of hydrogen-bond donors (Lipinski definition) is 3. The normalized spacial score (nSPS) is 14.6. The zero-order chi connectivity index (χ0) is 74.6. The first-order chi connectivity index (χ1) is 49.7. The summed E-state index contributed by atoms with van der Waals surface area (Å²) in [4.78, 5) is 72.9. The number of aliphatic hydroxyl groups excluding tert-OH is 1. The van der Waals surface area contributed by atoms with Crippen LogP contribution in [0, 0.1) is 0 Å². The second kappa shape index (κ2) is 74.5. The summed E-state index contributed by atoms with van der Waals surface area (Å²) >= 11 is 0. The smallest absolute Gasteiger partial charge is 0.462 e. The predicted molar refractivity (Wildman–Crippen MR) is 418 cm³/mol. The molecule has 0 amide bonds. The van der Waals surface area contributed by atoms with Crippen molar-refractivity contribution in [3.05, 3.63) is 134 Å². The Morgan fingerprint density at radius 2 is 0.510 bits per heavy atom. The van der Waals surface area contributed by atoms with E-state index >= 15 is 0 Å². The summed E-state index contributed by atoms with van der Waals surface area (Å²) in [6.07, 6.45) is 83.0. The highest BCUT2D eigenvalue weighted by Gasteiger charge is 2.30. The van der Waals surface area contributed by atoms with Crippen LogP contribution in [0.4, 0.5) is 0 Å². The molecule has 0 fully saturated rings. The predicted octanol–water partition coefficient (Wildman–Crippen LogP) is 22.9. The van der Waals surface area contributed by atoms with E-state index in [1.165, 1.54) is 64.2 Å². The van der Waals surface area contributed by atoms with Crippen LogP contribution < -0.4 is 0 Å². The monoisotopic (exact) mass is 1470 g/mol. The van der Waals surface area contributed by atoms with Crippen molar-refractivity contribution < 1.29 is 80.2 Å². The third-order valence-electron chi connectivity index (χ3n) is 16.1. The van der Waals surface area contributed by atoms with Gasteiger partial charge >= 0.3 is 39.5 Å². The Hall–Kier alpha value is -4.80. The highest BCUT2D eigenvalue weighted by Crippen LogP contribution is 2.45. The summed E-state index contributed by atoms with van der Waals surface area (Å²) in [5.41, 5.74) is 0. The minimum Gasteiger partial charge on any atom is -0.462 e. The van der Waals surface area contributed by atoms with Gasteiger partial charge in [-0.15, -0.1) is 0 Å². The molecule has 5 unspecified atom stereocenters. The van der Waals surface area contributed by atoms with Crippen LogP contribution in [0.15, 0.2) is 134 Å². The number of aliphatic hydroxyl groups is 1. The molecule has 0 aromatic rings. The van der Waals surface area contributed by atoms with Crippen LogP contribution in [0.2, 0.25) is 0 Å². The lowest BCUT2D eigenvalue weighted by Crippen LogP contribution is -2.30. The Morgan fingerprint density at radius 3 is 0.814 bits per heavy atom. The molecule has 19 heteroatoms. The lowest BCUT2D eigenvalue weighted by Gasteiger charge is -2.21. The minimum absolute atomic E-state index is 0.0744. The fourth-order valence-electron chi connectivity index (χ4n) is 10.1. The summed E-state index contributed by atoms with van der Waals surface area (Å²) in [5, 5.41) is 10.6. The number of carbonyl (C=O) groups is 4. The zero-order valence-electron chi connectivity index (χ0n) is 63.7. The molecule has 0 saturated carbocycles. The van der Waals surface area contributed by atoms with Gasteiger partial charge in [-0.1, -0.05) is 277 Å². The van der Waals surface area contributed by atoms with E-state index in [9.17, 15) is 43.2 Å². The lowest BCUT2D eigenvalue weighted by atomic mass is 10.1. The van der Waals surface area contributed by atoms with E-state index in [-0.39, 0.29) is 25.7 Å². The van der Waals surface area contributed by atoms with Gasteiger partial charge in [0.25, 0.3) is 0 Å². The second-order valence-corrected chi connectivity index (χ2v) is 28.8. The molecular formula is C83H140O17P2. The third-order valence-corrected chi connectivity index (χ3v) is 18.0. The van der Waals surface area contributed by atoms with Gasteiger partial charge in [0, 0.05) is 25.7 Å². The number of unbranched alkanes of at least 4 members (excludes halogenated alkanes) is 25. The fraction of sp³-hybridized carbons (Fsp3) is 0.687. The first-order valence-electron chi connectivity index (χ1n) is 39.4. The van der Waals surface area contributed by atoms with Crippen LogP contribution in [-0.2, 0) is 65.4 Å². The Kier molecular flexibility index (Phi) is 71.0. The van der Waals surface area contributed by atoms with E-state index in [0.717, 1.165) is 167 Å². The van der Waals surface area contributed by atoms with E-state index in [2.05, 4.69) is 161 Å². The minimum atomic E-state index is -4.99. The number of ether oxygens (including phenoxy) is 4. The van der Waals surface area contributed by atoms with Crippen molar-refractivity contribution in [2.24, 2.45) is 0 Å². The summed E-state index contributed by atoms with van der Waals surface area (Å²) in [6, 6.07) is 0. The van der Waals surface area contributed by atoms with Crippen molar-refractivity contribution in [2.45, 2.75) is 329 Å². The SMILES string of the molecule is CC/C=C\C/C=C\C/C=C\C/C=C\C/C=C\CCCCCC(=O)OCC(COP(=O)(O)OCC(O)COP(=O)(O)OCC(COC(=O)CCCCC/C=C\C/C=C\C/C=C\C/C=C\C/C=C\CC)OC(=O)CCCCCCCCCCCCC)OC(=O)CCCCCCC/C=C\CCCCCC. The lowest BCUT2D eigenvalue weighted by molar-refractivity contribution is -0.161. The number of hydrogen-bond acceptors (Lipinski definition) is 15. The number of phosphoric acid groups is 2. The second-order valence-electron chi connectivity index (χ2n) is 25.9. The van der Waals surface area contributed by atoms with Gasteiger partial charge in [-0.05, 0) is 141 Å². The number of allylic oxidation sites excluding steroid dienone is 22. The molecule has 0 bridgehead atoms. The van der Waals surface area contributed by atoms with Crippen LogP contribution in [0.1, 0.15) is 310 Å². The maximum Gasteiger partial charge on any atom is 0.472 e. The average Bonchev–Trinajstić information content (AvgIpc) is 0.907. The average molecular weight is 1470 g/mol. The Morgan fingerprint density at radius 1 is 0.284 bits per heavy atom. The van der Waals surface area contributed by atoms with Crippen molar-refractivity contribution >= 4 is 39.5 Å². The molecule has 5 atom stereocenters. The van der Waals surface area contributed by atoms with Gasteiger partial charge in [0.1, 0.15) is 19.3 Å². The quantitative estimate of drug-likeness (QED) is 0.0169. The highest BCUT2D eigenvalue weighted by atomic mass is 31.2. The van der Waals surface area contributed by atoms with Gasteiger partial charge in [0.05, 0.1) is 26.4 Å². The van der Waals surface area contributed by atoms with Gasteiger partial charge in [0.15, 0.2) is 12.2 Å². The molecule has 17 nitrogen and oxygen atoms in total. The van der Waals surface area contributed by atoms with Crippen LogP contribution in [0.3, 0.4) is 0 Å². The van der Waals surface area contributed by atoms with Crippen LogP contribution >= 0.6 is 15.6 Å². The van der Waals surface area contributed by atoms with E-state index in [0.29, 0.717) is 25.7 Å². The van der Waals surface area contributed by atoms with E-state index in [4.69, 9.17) is 37.0 Å². The summed E-state index contributed by atoms with van der Waals surface area (Å²) < 4.78 is 68.5. The van der Waals surface area contributed by atoms with Crippen LogP contribution in [-0.4, -0.2) is 96.7 Å². The number of carbonyl (C=O) groups excluding carboxylic acids is 4. The van der Waals surface area contributed by atoms with Crippen molar-refractivity contribution in [3.63, 3.8) is 0 Å². The number of esters is 4. The number of phosphoric ester groups is 2. The molecule has 0 spiro atoms. The maximum absolute atomic E-state index is 13.1. The van der Waals surface area contributed by atoms with Gasteiger partial charge < -0.3 is 33.8 Å². The first kappa shape index (κ1) is 97.2. The Labute approximate surface area is 618 Å². The molecule has 584 valence electrons. The fourth-order valence-corrected chi connectivity index (χ4v) is 11.7. The molecule has 102 heavy (non-hydrogen) atoms. The molecule has 0 aliphatic heterocycles. The van der Waals surface area contributed by atoms with E-state index < -0.39 is 97.5 Å². The van der Waals surface area contributed by atoms with Crippen molar-refractivity contribution in [3.8, 4) is 0 Å². The molecular weight excluding hydrogens is 1330 g/mol. The molecule has 0 aliphatic carbocycles. The summed E-state index contributed by atoms with van der Waals surface area (Å²) in [6.45, 7) is 4.54. The standard InChI is InChI=1S/C83H140O17P2/c1-5-9-13-17-21-25-29-32-34-36-38-40-42-45-48-51-55-59-63-67-80(85)93-73-78(99-82(87)69-65-61-57-53-47-28-24-20-16-12-8-4)75-97-101(89,90)95-71-77(84)72-96-102(91,92)98-76-79(100-83(88)70-66-62-58-54-50-44-31-27-23-19-15-11-7-3)74-94-81(86)68-64-60-56-52-49-46-43-41-39-37-35-33-30-26-22-18-14-10-6-2/h9-10,13-14,21-22,25-27,31-35,38-41,45-46,48-49,77-79,84H,5-8,11-12,15-20,23-24,28-30,36-37,42-44,47,50-76H2,1-4H3,(H,89,90)(H,91,92)/b13-9-,14-10-,25-21-,26-22-,31-27-,34-32-,35-33-,40-38-,41-39-,48-45-,49-46-. The maximum atomic E-state index is 13.1. The Balaban J connectivity index is 5.37. The summed E-state index contributed by atoms with van der Waals surface area (Å²) in [7, 11) is -9.97. The third kappa shape index (κ3) is 73.5. The largest absolute Gasteiger partial charge is 0.472 e. The topological polar surface area (TPSA) is 237 Å². The summed E-state index contributed by atoms with van der Waals surface area (Å²) in [5.74, 6) is -2.25. The van der Waals surface area contributed by atoms with Crippen LogP contribution in [0.5, 0.6) is 0 Å². The molecule has 0 aromatic carbocycles. The molecule has 0 radical (unpaired) electrons. The molecule has 0 heterocycles. The molecule has 0 aliphatic rings. The Bertz CT molecular complexity index is 2460. The van der Waals surface area contributed by atoms with Gasteiger partial charge in [0.2, 0.25) is 0 Å². The molecule has 3 N–H and O–H groups in total. The van der Waals surface area contributed by atoms with Crippen molar-refractivity contribution in [1.29, 1.82) is 0 Å². The molecule has 0 saturated heterocycles. The molecule has 0 rings (SSSR count). The van der Waals surface area contributed by atoms with E-state index in [1.54, 1.807) is 0 Å². The number of rotatable bonds is 73. The van der Waals surface area contributed by atoms with Crippen molar-refractivity contribution in [1.82, 2.24) is 0 Å². The molecule has 0 aromatic heterocycles. The van der Waals surface area contributed by atoms with Crippen LogP contribution in [0.25, 0.3) is 0 Å². The van der Waals surface area contributed by atoms with Gasteiger partial charge in [-0.25, -0.2) is 9.13 Å². The highest BCUT2D eigenvalue weighted by molar-refractivity contribution is 7.47. The first-order valence-corrected chi connectivity index (χ1v) is 42.4. The van der Waals surface area contributed by atoms with E-state index in [1.807, 2.05) is 0 Å². The van der Waals surface area contributed by atoms with Gasteiger partial charge in [-0.3, -0.25) is 37.3 Å².